The van der Waals surface area contributed by atoms with E-state index in [0.717, 1.165) is 31.4 Å². The van der Waals surface area contributed by atoms with Crippen molar-refractivity contribution >= 4 is 10.0 Å². The maximum Gasteiger partial charge on any atom is 0.417 e. The fraction of sp³-hybridized carbons (Fsp3) is 0.545. The number of hydrogen-bond donors (Lipinski definition) is 0. The third-order valence-electron chi connectivity index (χ3n) is 2.98. The number of halogens is 3. The maximum absolute atomic E-state index is 12.4. The molecule has 0 radical (unpaired) electrons. The van der Waals surface area contributed by atoms with Crippen LogP contribution in [0.15, 0.2) is 23.4 Å². The molecule has 1 aromatic rings. The average molecular weight is 294 g/mol. The summed E-state index contributed by atoms with van der Waals surface area (Å²) in [4.78, 5) is 3.44. The molecule has 106 valence electrons. The minimum Gasteiger partial charge on any atom is -0.243 e. The molecule has 4 nitrogen and oxygen atoms in total. The van der Waals surface area contributed by atoms with E-state index in [1.165, 1.54) is 4.31 Å². The molecule has 0 amide bonds. The number of rotatable bonds is 2. The summed E-state index contributed by atoms with van der Waals surface area (Å²) in [6.07, 6.45) is -1.47. The van der Waals surface area contributed by atoms with Crippen LogP contribution in [0.4, 0.5) is 13.2 Å². The second-order valence-corrected chi connectivity index (χ2v) is 6.23. The molecule has 2 heterocycles. The lowest BCUT2D eigenvalue weighted by Gasteiger charge is -2.25. The predicted molar refractivity (Wildman–Crippen MR) is 61.8 cm³/mol. The Balaban J connectivity index is 2.26. The van der Waals surface area contributed by atoms with Crippen LogP contribution in [0.3, 0.4) is 0 Å². The molecule has 0 aromatic carbocycles. The standard InChI is InChI=1S/C11H13F3N2O2S/c12-11(13,14)9-4-5-10(15-8-9)19(17,18)16-6-2-1-3-7-16/h4-5,8H,1-3,6-7H2. The van der Waals surface area contributed by atoms with Gasteiger partial charge in [0.25, 0.3) is 10.0 Å². The second-order valence-electron chi connectivity index (χ2n) is 4.35. The third kappa shape index (κ3) is 3.06. The number of pyridine rings is 1. The Kier molecular flexibility index (Phi) is 3.82. The first kappa shape index (κ1) is 14.3. The van der Waals surface area contributed by atoms with Crippen molar-refractivity contribution in [3.8, 4) is 0 Å². The summed E-state index contributed by atoms with van der Waals surface area (Å²) in [5, 5.41) is -0.331. The van der Waals surface area contributed by atoms with E-state index in [1.807, 2.05) is 0 Å². The van der Waals surface area contributed by atoms with E-state index in [4.69, 9.17) is 0 Å². The first-order valence-electron chi connectivity index (χ1n) is 5.85. The Morgan fingerprint density at radius 3 is 2.21 bits per heavy atom. The molecule has 0 bridgehead atoms. The molecular formula is C11H13F3N2O2S. The van der Waals surface area contributed by atoms with E-state index in [-0.39, 0.29) is 5.03 Å². The molecule has 8 heteroatoms. The number of alkyl halides is 3. The lowest BCUT2D eigenvalue weighted by molar-refractivity contribution is -0.137. The van der Waals surface area contributed by atoms with Gasteiger partial charge in [-0.25, -0.2) is 13.4 Å². The lowest BCUT2D eigenvalue weighted by atomic mass is 10.2. The fourth-order valence-electron chi connectivity index (χ4n) is 1.94. The molecule has 0 atom stereocenters. The van der Waals surface area contributed by atoms with E-state index >= 15 is 0 Å². The lowest BCUT2D eigenvalue weighted by Crippen LogP contribution is -2.36. The average Bonchev–Trinajstić information content (AvgIpc) is 2.39. The van der Waals surface area contributed by atoms with Gasteiger partial charge in [-0.2, -0.15) is 17.5 Å². The molecule has 0 spiro atoms. The molecule has 0 aliphatic carbocycles. The number of hydrogen-bond acceptors (Lipinski definition) is 3. The van der Waals surface area contributed by atoms with Crippen molar-refractivity contribution in [3.05, 3.63) is 23.9 Å². The topological polar surface area (TPSA) is 50.3 Å². The van der Waals surface area contributed by atoms with Crippen molar-refractivity contribution in [2.45, 2.75) is 30.5 Å². The first-order valence-corrected chi connectivity index (χ1v) is 7.29. The van der Waals surface area contributed by atoms with E-state index in [1.54, 1.807) is 0 Å². The van der Waals surface area contributed by atoms with Gasteiger partial charge in [0.15, 0.2) is 5.03 Å². The summed E-state index contributed by atoms with van der Waals surface area (Å²) in [6, 6.07) is 1.65. The zero-order valence-corrected chi connectivity index (χ0v) is 10.8. The van der Waals surface area contributed by atoms with Crippen LogP contribution < -0.4 is 0 Å². The maximum atomic E-state index is 12.4. The van der Waals surface area contributed by atoms with Gasteiger partial charge in [0.1, 0.15) is 0 Å². The van der Waals surface area contributed by atoms with Crippen LogP contribution in [0, 0.1) is 0 Å². The van der Waals surface area contributed by atoms with E-state index < -0.39 is 21.8 Å². The molecule has 0 saturated carbocycles. The van der Waals surface area contributed by atoms with Crippen LogP contribution in [-0.4, -0.2) is 30.8 Å². The van der Waals surface area contributed by atoms with Gasteiger partial charge in [-0.3, -0.25) is 0 Å². The molecule has 0 unspecified atom stereocenters. The smallest absolute Gasteiger partial charge is 0.243 e. The van der Waals surface area contributed by atoms with Crippen LogP contribution >= 0.6 is 0 Å². The van der Waals surface area contributed by atoms with Crippen molar-refractivity contribution in [1.29, 1.82) is 0 Å². The molecule has 2 rings (SSSR count). The first-order chi connectivity index (χ1) is 8.82. The normalized spacial score (nSPS) is 18.5. The van der Waals surface area contributed by atoms with Crippen LogP contribution in [0.25, 0.3) is 0 Å². The van der Waals surface area contributed by atoms with Gasteiger partial charge in [-0.1, -0.05) is 6.42 Å². The Labute approximate surface area is 109 Å². The predicted octanol–water partition coefficient (Wildman–Crippen LogP) is 2.28. The highest BCUT2D eigenvalue weighted by Crippen LogP contribution is 2.29. The van der Waals surface area contributed by atoms with Gasteiger partial charge >= 0.3 is 6.18 Å². The molecule has 1 saturated heterocycles. The van der Waals surface area contributed by atoms with Gasteiger partial charge < -0.3 is 0 Å². The van der Waals surface area contributed by atoms with Crippen molar-refractivity contribution in [3.63, 3.8) is 0 Å². The number of aromatic nitrogens is 1. The number of nitrogens with zero attached hydrogens (tertiary/aromatic N) is 2. The molecule has 1 aromatic heterocycles. The molecule has 1 fully saturated rings. The monoisotopic (exact) mass is 294 g/mol. The van der Waals surface area contributed by atoms with E-state index in [9.17, 15) is 21.6 Å². The van der Waals surface area contributed by atoms with Gasteiger partial charge in [-0.15, -0.1) is 0 Å². The molecule has 0 N–H and O–H groups in total. The number of piperidine rings is 1. The summed E-state index contributed by atoms with van der Waals surface area (Å²) in [5.41, 5.74) is -0.954. The summed E-state index contributed by atoms with van der Waals surface area (Å²) in [6.45, 7) is 0.788. The zero-order valence-electron chi connectivity index (χ0n) is 10.0. The van der Waals surface area contributed by atoms with Crippen LogP contribution in [-0.2, 0) is 16.2 Å². The fourth-order valence-corrected chi connectivity index (χ4v) is 3.37. The summed E-state index contributed by atoms with van der Waals surface area (Å²) < 4.78 is 62.6. The van der Waals surface area contributed by atoms with Gasteiger partial charge in [0.2, 0.25) is 0 Å². The molecule has 19 heavy (non-hydrogen) atoms. The zero-order chi connectivity index (χ0) is 14.1. The van der Waals surface area contributed by atoms with Gasteiger partial charge in [0, 0.05) is 19.3 Å². The molecule has 1 aliphatic rings. The summed E-state index contributed by atoms with van der Waals surface area (Å²) in [5.74, 6) is 0. The van der Waals surface area contributed by atoms with Crippen molar-refractivity contribution in [2.75, 3.05) is 13.1 Å². The van der Waals surface area contributed by atoms with E-state index in [2.05, 4.69) is 4.98 Å². The quantitative estimate of drug-likeness (QED) is 0.841. The Morgan fingerprint density at radius 1 is 1.11 bits per heavy atom. The molecular weight excluding hydrogens is 281 g/mol. The minimum atomic E-state index is -4.51. The van der Waals surface area contributed by atoms with Crippen molar-refractivity contribution in [2.24, 2.45) is 0 Å². The van der Waals surface area contributed by atoms with Gasteiger partial charge in [-0.05, 0) is 25.0 Å². The van der Waals surface area contributed by atoms with E-state index in [0.29, 0.717) is 19.3 Å². The Bertz CT molecular complexity index is 534. The third-order valence-corrected chi connectivity index (χ3v) is 4.80. The molecule has 1 aliphatic heterocycles. The van der Waals surface area contributed by atoms with Crippen LogP contribution in [0.1, 0.15) is 24.8 Å². The largest absolute Gasteiger partial charge is 0.417 e. The highest BCUT2D eigenvalue weighted by Gasteiger charge is 2.32. The summed E-state index contributed by atoms with van der Waals surface area (Å²) in [7, 11) is -3.77. The highest BCUT2D eigenvalue weighted by molar-refractivity contribution is 7.89. The van der Waals surface area contributed by atoms with Crippen molar-refractivity contribution < 1.29 is 21.6 Å². The van der Waals surface area contributed by atoms with Crippen molar-refractivity contribution in [1.82, 2.24) is 9.29 Å². The SMILES string of the molecule is O=S(=O)(c1ccc(C(F)(F)F)cn1)N1CCCCC1. The van der Waals surface area contributed by atoms with Gasteiger partial charge in [0.05, 0.1) is 5.56 Å². The van der Waals surface area contributed by atoms with Crippen LogP contribution in [0.2, 0.25) is 0 Å². The second kappa shape index (κ2) is 5.09. The Hall–Kier alpha value is -1.15. The number of sulfonamides is 1. The Morgan fingerprint density at radius 2 is 1.74 bits per heavy atom. The summed E-state index contributed by atoms with van der Waals surface area (Å²) >= 11 is 0. The highest BCUT2D eigenvalue weighted by atomic mass is 32.2. The minimum absolute atomic E-state index is 0.331. The van der Waals surface area contributed by atoms with Crippen LogP contribution in [0.5, 0.6) is 0 Å².